The zero-order chi connectivity index (χ0) is 12.8. The first-order chi connectivity index (χ1) is 8.04. The van der Waals surface area contributed by atoms with Gasteiger partial charge in [-0.15, -0.1) is 6.58 Å². The predicted molar refractivity (Wildman–Crippen MR) is 64.4 cm³/mol. The summed E-state index contributed by atoms with van der Waals surface area (Å²) in [5, 5.41) is 2.61. The molecule has 0 heterocycles. The molecule has 1 aromatic rings. The maximum Gasteiger partial charge on any atom is 0.261 e. The number of aryl methyl sites for hydroxylation is 1. The molecule has 1 rings (SSSR count). The minimum absolute atomic E-state index is 0.256. The van der Waals surface area contributed by atoms with E-state index in [0.29, 0.717) is 12.3 Å². The molecule has 0 aliphatic heterocycles. The van der Waals surface area contributed by atoms with Crippen molar-refractivity contribution in [3.05, 3.63) is 42.2 Å². The number of carbonyl (C=O) groups is 1. The fourth-order valence-corrected chi connectivity index (χ4v) is 1.26. The first-order valence-corrected chi connectivity index (χ1v) is 5.36. The van der Waals surface area contributed by atoms with Gasteiger partial charge in [0, 0.05) is 12.6 Å². The van der Waals surface area contributed by atoms with Crippen LogP contribution in [0.4, 0.5) is 4.39 Å². The highest BCUT2D eigenvalue weighted by molar-refractivity contribution is 5.80. The molecule has 4 heteroatoms. The van der Waals surface area contributed by atoms with Gasteiger partial charge in [-0.25, -0.2) is 4.39 Å². The summed E-state index contributed by atoms with van der Waals surface area (Å²) in [5.41, 5.74) is 0.787. The van der Waals surface area contributed by atoms with E-state index in [1.54, 1.807) is 26.0 Å². The van der Waals surface area contributed by atoms with Crippen molar-refractivity contribution < 1.29 is 13.9 Å². The van der Waals surface area contributed by atoms with Crippen molar-refractivity contribution in [1.29, 1.82) is 0 Å². The molecule has 0 aromatic heterocycles. The van der Waals surface area contributed by atoms with Crippen LogP contribution in [-0.2, 0) is 4.79 Å². The van der Waals surface area contributed by atoms with Gasteiger partial charge in [0.05, 0.1) is 0 Å². The normalized spacial score (nSPS) is 11.7. The molecule has 0 spiro atoms. The summed E-state index contributed by atoms with van der Waals surface area (Å²) in [4.78, 5) is 11.5. The molecule has 0 radical (unpaired) electrons. The van der Waals surface area contributed by atoms with Gasteiger partial charge in [0.25, 0.3) is 5.91 Å². The van der Waals surface area contributed by atoms with E-state index in [9.17, 15) is 9.18 Å². The lowest BCUT2D eigenvalue weighted by Gasteiger charge is -2.15. The van der Waals surface area contributed by atoms with Crippen molar-refractivity contribution in [2.45, 2.75) is 20.0 Å². The van der Waals surface area contributed by atoms with E-state index in [1.807, 2.05) is 0 Å². The van der Waals surface area contributed by atoms with Gasteiger partial charge in [-0.3, -0.25) is 4.79 Å². The van der Waals surface area contributed by atoms with Crippen LogP contribution in [-0.4, -0.2) is 18.6 Å². The molecule has 1 N–H and O–H groups in total. The average molecular weight is 237 g/mol. The van der Waals surface area contributed by atoms with Gasteiger partial charge in [-0.1, -0.05) is 12.1 Å². The Morgan fingerprint density at radius 2 is 2.35 bits per heavy atom. The maximum absolute atomic E-state index is 13.0. The van der Waals surface area contributed by atoms with Crippen LogP contribution in [0.25, 0.3) is 0 Å². The highest BCUT2D eigenvalue weighted by atomic mass is 19.1. The molecule has 1 aromatic carbocycles. The third-order valence-corrected chi connectivity index (χ3v) is 2.24. The van der Waals surface area contributed by atoms with E-state index < -0.39 is 6.10 Å². The summed E-state index contributed by atoms with van der Waals surface area (Å²) >= 11 is 0. The molecule has 3 nitrogen and oxygen atoms in total. The number of hydrogen-bond donors (Lipinski definition) is 1. The van der Waals surface area contributed by atoms with Crippen LogP contribution in [0, 0.1) is 12.7 Å². The molecular weight excluding hydrogens is 221 g/mol. The van der Waals surface area contributed by atoms with Crippen LogP contribution in [0.3, 0.4) is 0 Å². The summed E-state index contributed by atoms with van der Waals surface area (Å²) in [7, 11) is 0. The molecule has 92 valence electrons. The van der Waals surface area contributed by atoms with Crippen molar-refractivity contribution in [3.8, 4) is 5.75 Å². The Labute approximate surface area is 100 Å². The van der Waals surface area contributed by atoms with E-state index in [2.05, 4.69) is 11.9 Å². The van der Waals surface area contributed by atoms with Crippen LogP contribution in [0.15, 0.2) is 30.9 Å². The second-order valence-electron chi connectivity index (χ2n) is 3.70. The quantitative estimate of drug-likeness (QED) is 0.797. The molecule has 1 atom stereocenters. The van der Waals surface area contributed by atoms with Crippen LogP contribution in [0.1, 0.15) is 12.5 Å². The van der Waals surface area contributed by atoms with E-state index in [4.69, 9.17) is 4.74 Å². The minimum Gasteiger partial charge on any atom is -0.481 e. The van der Waals surface area contributed by atoms with E-state index in [-0.39, 0.29) is 11.7 Å². The highest BCUT2D eigenvalue weighted by Gasteiger charge is 2.14. The van der Waals surface area contributed by atoms with Gasteiger partial charge in [0.2, 0.25) is 0 Å². The second-order valence-corrected chi connectivity index (χ2v) is 3.70. The van der Waals surface area contributed by atoms with Gasteiger partial charge in [-0.05, 0) is 25.5 Å². The molecule has 1 unspecified atom stereocenters. The molecule has 0 saturated heterocycles. The summed E-state index contributed by atoms with van der Waals surface area (Å²) in [5.74, 6) is -0.260. The third-order valence-electron chi connectivity index (χ3n) is 2.24. The largest absolute Gasteiger partial charge is 0.481 e. The Kier molecular flexibility index (Phi) is 4.69. The first-order valence-electron chi connectivity index (χ1n) is 5.36. The molecule has 0 saturated carbocycles. The van der Waals surface area contributed by atoms with Gasteiger partial charge >= 0.3 is 0 Å². The van der Waals surface area contributed by atoms with Gasteiger partial charge in [0.15, 0.2) is 6.10 Å². The summed E-state index contributed by atoms with van der Waals surface area (Å²) in [6.45, 7) is 7.29. The van der Waals surface area contributed by atoms with E-state index in [1.165, 1.54) is 12.1 Å². The average Bonchev–Trinajstić information content (AvgIpc) is 2.30. The van der Waals surface area contributed by atoms with Crippen LogP contribution in [0.5, 0.6) is 5.75 Å². The number of benzene rings is 1. The molecule has 0 fully saturated rings. The summed E-state index contributed by atoms with van der Waals surface area (Å²) in [6.07, 6.45) is 0.911. The predicted octanol–water partition coefficient (Wildman–Crippen LogP) is 2.20. The lowest BCUT2D eigenvalue weighted by atomic mass is 10.2. The Hall–Kier alpha value is -1.84. The molecule has 0 bridgehead atoms. The Bertz CT molecular complexity index is 418. The first kappa shape index (κ1) is 13.2. The number of halogens is 1. The number of carbonyl (C=O) groups excluding carboxylic acids is 1. The lowest BCUT2D eigenvalue weighted by molar-refractivity contribution is -0.127. The van der Waals surface area contributed by atoms with E-state index in [0.717, 1.165) is 5.56 Å². The Morgan fingerprint density at radius 3 is 3.00 bits per heavy atom. The number of rotatable bonds is 5. The number of nitrogens with one attached hydrogen (secondary N) is 1. The van der Waals surface area contributed by atoms with Gasteiger partial charge < -0.3 is 10.1 Å². The number of ether oxygens (including phenoxy) is 1. The monoisotopic (exact) mass is 237 g/mol. The summed E-state index contributed by atoms with van der Waals surface area (Å²) in [6, 6.07) is 4.23. The maximum atomic E-state index is 13.0. The molecule has 0 aliphatic carbocycles. The summed E-state index contributed by atoms with van der Waals surface area (Å²) < 4.78 is 18.4. The molecule has 0 aliphatic rings. The number of hydrogen-bond acceptors (Lipinski definition) is 2. The zero-order valence-electron chi connectivity index (χ0n) is 10.00. The lowest BCUT2D eigenvalue weighted by Crippen LogP contribution is -2.36. The smallest absolute Gasteiger partial charge is 0.261 e. The molecular formula is C13H16FNO2. The standard InChI is InChI=1S/C13H16FNO2/c1-4-7-15-13(16)10(3)17-12-8-11(14)6-5-9(12)2/h4-6,8,10H,1,7H2,2-3H3,(H,15,16). The van der Waals surface area contributed by atoms with Crippen LogP contribution < -0.4 is 10.1 Å². The zero-order valence-corrected chi connectivity index (χ0v) is 10.00. The second kappa shape index (κ2) is 6.03. The van der Waals surface area contributed by atoms with Crippen molar-refractivity contribution >= 4 is 5.91 Å². The van der Waals surface area contributed by atoms with Gasteiger partial charge in [0.1, 0.15) is 11.6 Å². The van der Waals surface area contributed by atoms with Gasteiger partial charge in [-0.2, -0.15) is 0 Å². The SMILES string of the molecule is C=CCNC(=O)C(C)Oc1cc(F)ccc1C. The fourth-order valence-electron chi connectivity index (χ4n) is 1.26. The molecule has 17 heavy (non-hydrogen) atoms. The van der Waals surface area contributed by atoms with Crippen molar-refractivity contribution in [3.63, 3.8) is 0 Å². The van der Waals surface area contributed by atoms with Crippen LogP contribution >= 0.6 is 0 Å². The van der Waals surface area contributed by atoms with Crippen LogP contribution in [0.2, 0.25) is 0 Å². The minimum atomic E-state index is -0.671. The third kappa shape index (κ3) is 3.90. The highest BCUT2D eigenvalue weighted by Crippen LogP contribution is 2.19. The molecule has 1 amide bonds. The topological polar surface area (TPSA) is 38.3 Å². The Balaban J connectivity index is 2.66. The number of amides is 1. The van der Waals surface area contributed by atoms with Crippen molar-refractivity contribution in [1.82, 2.24) is 5.32 Å². The fraction of sp³-hybridized carbons (Fsp3) is 0.308. The van der Waals surface area contributed by atoms with Crippen molar-refractivity contribution in [2.24, 2.45) is 0 Å². The van der Waals surface area contributed by atoms with E-state index >= 15 is 0 Å². The van der Waals surface area contributed by atoms with Crippen molar-refractivity contribution in [2.75, 3.05) is 6.54 Å². The Morgan fingerprint density at radius 1 is 1.65 bits per heavy atom.